The maximum Gasteiger partial charge on any atom is 0.242 e. The van der Waals surface area contributed by atoms with Crippen LogP contribution < -0.4 is 15.8 Å². The zero-order valence-electron chi connectivity index (χ0n) is 15.5. The first-order valence-electron chi connectivity index (χ1n) is 8.95. The highest BCUT2D eigenvalue weighted by atomic mass is 19.1. The lowest BCUT2D eigenvalue weighted by atomic mass is 10.2. The summed E-state index contributed by atoms with van der Waals surface area (Å²) in [6.07, 6.45) is 3.22. The van der Waals surface area contributed by atoms with Crippen molar-refractivity contribution in [1.29, 1.82) is 0 Å². The summed E-state index contributed by atoms with van der Waals surface area (Å²) >= 11 is 0. The number of nitrogens with zero attached hydrogens (tertiary/aromatic N) is 3. The van der Waals surface area contributed by atoms with E-state index in [0.29, 0.717) is 28.1 Å². The third kappa shape index (κ3) is 3.78. The van der Waals surface area contributed by atoms with Gasteiger partial charge in [0.15, 0.2) is 5.82 Å². The van der Waals surface area contributed by atoms with E-state index < -0.39 is 17.8 Å². The monoisotopic (exact) mass is 391 g/mol. The molecule has 0 bridgehead atoms. The van der Waals surface area contributed by atoms with Gasteiger partial charge in [-0.1, -0.05) is 12.1 Å². The van der Waals surface area contributed by atoms with Crippen molar-refractivity contribution in [3.05, 3.63) is 72.8 Å². The fourth-order valence-electron chi connectivity index (χ4n) is 2.88. The average molecular weight is 391 g/mol. The molecule has 0 aliphatic rings. The van der Waals surface area contributed by atoms with Gasteiger partial charge >= 0.3 is 0 Å². The van der Waals surface area contributed by atoms with E-state index in [1.165, 1.54) is 12.1 Å². The smallest absolute Gasteiger partial charge is 0.242 e. The molecule has 0 saturated carbocycles. The van der Waals surface area contributed by atoms with Gasteiger partial charge in [0.25, 0.3) is 0 Å². The van der Waals surface area contributed by atoms with Crippen molar-refractivity contribution in [3.8, 4) is 17.2 Å². The third-order valence-corrected chi connectivity index (χ3v) is 4.24. The third-order valence-electron chi connectivity index (χ3n) is 4.24. The molecule has 0 radical (unpaired) electrons. The molecule has 3 N–H and O–H groups in total. The normalized spacial score (nSPS) is 12.0. The highest BCUT2D eigenvalue weighted by Crippen LogP contribution is 2.36. The second kappa shape index (κ2) is 7.69. The van der Waals surface area contributed by atoms with Crippen LogP contribution in [0.3, 0.4) is 0 Å². The fourth-order valence-corrected chi connectivity index (χ4v) is 2.88. The van der Waals surface area contributed by atoms with Gasteiger partial charge in [-0.15, -0.1) is 5.10 Å². The molecular weight excluding hydrogens is 373 g/mol. The Morgan fingerprint density at radius 1 is 1.21 bits per heavy atom. The van der Waals surface area contributed by atoms with E-state index in [1.807, 2.05) is 6.07 Å². The van der Waals surface area contributed by atoms with E-state index in [1.54, 1.807) is 60.4 Å². The number of hydrogen-bond acceptors (Lipinski definition) is 5. The number of nitrogens with one attached hydrogen (secondary N) is 1. The number of hydrogen-bond donors (Lipinski definition) is 2. The predicted molar refractivity (Wildman–Crippen MR) is 108 cm³/mol. The van der Waals surface area contributed by atoms with Crippen molar-refractivity contribution in [2.24, 2.45) is 5.73 Å². The molecule has 0 aliphatic heterocycles. The number of ether oxygens (including phenoxy) is 1. The standard InChI is InChI=1S/C21H18FN5O2/c1-13(23)21(28)25-20-19-17(27(26-20)15-6-2-5-14(22)11-15)8-3-9-18(19)29-16-7-4-10-24-12-16/h2-13H,23H2,1H3,(H,25,26,28)/t13-/m1/s1. The Morgan fingerprint density at radius 3 is 2.76 bits per heavy atom. The Kier molecular flexibility index (Phi) is 4.92. The summed E-state index contributed by atoms with van der Waals surface area (Å²) in [5.41, 5.74) is 6.84. The fraction of sp³-hybridized carbons (Fsp3) is 0.0952. The molecule has 2 heterocycles. The zero-order chi connectivity index (χ0) is 20.4. The summed E-state index contributed by atoms with van der Waals surface area (Å²) in [5, 5.41) is 7.79. The summed E-state index contributed by atoms with van der Waals surface area (Å²) in [6.45, 7) is 1.58. The van der Waals surface area contributed by atoms with Crippen LogP contribution in [-0.4, -0.2) is 26.7 Å². The first-order chi connectivity index (χ1) is 14.0. The molecule has 4 aromatic rings. The number of fused-ring (bicyclic) bond motifs is 1. The summed E-state index contributed by atoms with van der Waals surface area (Å²) in [5.74, 6) is 0.481. The van der Waals surface area contributed by atoms with E-state index in [2.05, 4.69) is 15.4 Å². The number of pyridine rings is 1. The lowest BCUT2D eigenvalue weighted by molar-refractivity contribution is -0.117. The van der Waals surface area contributed by atoms with E-state index in [9.17, 15) is 9.18 Å². The number of anilines is 1. The van der Waals surface area contributed by atoms with Gasteiger partial charge in [-0.3, -0.25) is 9.78 Å². The molecule has 8 heteroatoms. The minimum Gasteiger partial charge on any atom is -0.455 e. The van der Waals surface area contributed by atoms with Crippen LogP contribution in [0.5, 0.6) is 11.5 Å². The number of rotatable bonds is 5. The molecule has 29 heavy (non-hydrogen) atoms. The quantitative estimate of drug-likeness (QED) is 0.542. The molecule has 0 unspecified atom stereocenters. The molecule has 7 nitrogen and oxygen atoms in total. The Morgan fingerprint density at radius 2 is 2.03 bits per heavy atom. The Hall–Kier alpha value is -3.78. The van der Waals surface area contributed by atoms with Crippen molar-refractivity contribution in [2.75, 3.05) is 5.32 Å². The molecule has 0 saturated heterocycles. The van der Waals surface area contributed by atoms with Crippen molar-refractivity contribution >= 4 is 22.6 Å². The highest BCUT2D eigenvalue weighted by Gasteiger charge is 2.20. The molecule has 1 atom stereocenters. The first kappa shape index (κ1) is 18.6. The maximum atomic E-state index is 13.8. The number of halogens is 1. The second-order valence-corrected chi connectivity index (χ2v) is 6.46. The Balaban J connectivity index is 1.89. The number of benzene rings is 2. The molecule has 4 rings (SSSR count). The topological polar surface area (TPSA) is 95.1 Å². The first-order valence-corrected chi connectivity index (χ1v) is 8.95. The SMILES string of the molecule is C[C@@H](N)C(=O)Nc1nn(-c2cccc(F)c2)c2cccc(Oc3cccnc3)c12. The van der Waals surface area contributed by atoms with Gasteiger partial charge in [-0.25, -0.2) is 9.07 Å². The number of amides is 1. The van der Waals surface area contributed by atoms with Gasteiger partial charge in [0.2, 0.25) is 5.91 Å². The van der Waals surface area contributed by atoms with Crippen LogP contribution >= 0.6 is 0 Å². The number of carbonyl (C=O) groups excluding carboxylic acids is 1. The van der Waals surface area contributed by atoms with Gasteiger partial charge in [-0.05, 0) is 49.4 Å². The van der Waals surface area contributed by atoms with Crippen LogP contribution in [0.2, 0.25) is 0 Å². The van der Waals surface area contributed by atoms with Gasteiger partial charge in [0.1, 0.15) is 17.3 Å². The second-order valence-electron chi connectivity index (χ2n) is 6.46. The maximum absolute atomic E-state index is 13.8. The number of aromatic nitrogens is 3. The van der Waals surface area contributed by atoms with Crippen LogP contribution in [-0.2, 0) is 4.79 Å². The molecule has 1 amide bonds. The van der Waals surface area contributed by atoms with Crippen LogP contribution in [0.25, 0.3) is 16.6 Å². The lowest BCUT2D eigenvalue weighted by Crippen LogP contribution is -2.32. The van der Waals surface area contributed by atoms with Crippen molar-refractivity contribution in [1.82, 2.24) is 14.8 Å². The summed E-state index contributed by atoms with van der Waals surface area (Å²) < 4.78 is 21.3. The van der Waals surface area contributed by atoms with E-state index in [4.69, 9.17) is 10.5 Å². The van der Waals surface area contributed by atoms with Crippen LogP contribution in [0.1, 0.15) is 6.92 Å². The largest absolute Gasteiger partial charge is 0.455 e. The molecule has 0 fully saturated rings. The highest BCUT2D eigenvalue weighted by molar-refractivity contribution is 6.04. The summed E-state index contributed by atoms with van der Waals surface area (Å²) in [6, 6.07) is 14.2. The van der Waals surface area contributed by atoms with Crippen molar-refractivity contribution < 1.29 is 13.9 Å². The lowest BCUT2D eigenvalue weighted by Gasteiger charge is -2.09. The van der Waals surface area contributed by atoms with E-state index in [0.717, 1.165) is 0 Å². The minimum atomic E-state index is -0.726. The van der Waals surface area contributed by atoms with Crippen molar-refractivity contribution in [3.63, 3.8) is 0 Å². The molecule has 2 aromatic heterocycles. The number of carbonyl (C=O) groups is 1. The molecule has 0 aliphatic carbocycles. The number of nitrogens with two attached hydrogens (primary N) is 1. The van der Waals surface area contributed by atoms with E-state index >= 15 is 0 Å². The Bertz CT molecular complexity index is 1170. The molecular formula is C21H18FN5O2. The predicted octanol–water partition coefficient (Wildman–Crippen LogP) is 3.64. The van der Waals surface area contributed by atoms with Crippen LogP contribution in [0.15, 0.2) is 67.0 Å². The van der Waals surface area contributed by atoms with Gasteiger partial charge < -0.3 is 15.8 Å². The van der Waals surface area contributed by atoms with Gasteiger partial charge in [0.05, 0.1) is 28.8 Å². The Labute approximate surface area is 165 Å². The van der Waals surface area contributed by atoms with Crippen LogP contribution in [0.4, 0.5) is 10.2 Å². The van der Waals surface area contributed by atoms with Crippen molar-refractivity contribution in [2.45, 2.75) is 13.0 Å². The van der Waals surface area contributed by atoms with Crippen LogP contribution in [0, 0.1) is 5.82 Å². The molecule has 0 spiro atoms. The van der Waals surface area contributed by atoms with Gasteiger partial charge in [0, 0.05) is 6.20 Å². The molecule has 2 aromatic carbocycles. The summed E-state index contributed by atoms with van der Waals surface area (Å²) in [4.78, 5) is 16.3. The summed E-state index contributed by atoms with van der Waals surface area (Å²) in [7, 11) is 0. The minimum absolute atomic E-state index is 0.269. The zero-order valence-corrected chi connectivity index (χ0v) is 15.5. The average Bonchev–Trinajstić information content (AvgIpc) is 3.08. The van der Waals surface area contributed by atoms with Gasteiger partial charge in [-0.2, -0.15) is 0 Å². The molecule has 146 valence electrons. The van der Waals surface area contributed by atoms with E-state index in [-0.39, 0.29) is 5.82 Å².